The van der Waals surface area contributed by atoms with Crippen molar-refractivity contribution in [1.29, 1.82) is 0 Å². The van der Waals surface area contributed by atoms with Gasteiger partial charge in [0.15, 0.2) is 0 Å². The Bertz CT molecular complexity index is 555. The summed E-state index contributed by atoms with van der Waals surface area (Å²) < 4.78 is 4.85. The summed E-state index contributed by atoms with van der Waals surface area (Å²) in [6.07, 6.45) is 0.823. The summed E-state index contributed by atoms with van der Waals surface area (Å²) in [5.74, 6) is -2.07. The van der Waals surface area contributed by atoms with Crippen LogP contribution >= 0.6 is 0 Å². The fourth-order valence-corrected chi connectivity index (χ4v) is 1.85. The van der Waals surface area contributed by atoms with E-state index >= 15 is 0 Å². The first kappa shape index (κ1) is 12.8. The molecule has 0 atom stereocenters. The Labute approximate surface area is 108 Å². The molecule has 0 radical (unpaired) electrons. The van der Waals surface area contributed by atoms with Gasteiger partial charge in [-0.15, -0.1) is 0 Å². The number of nitrogens with zero attached hydrogens (tertiary/aromatic N) is 1. The van der Waals surface area contributed by atoms with Crippen LogP contribution < -0.4 is 0 Å². The van der Waals surface area contributed by atoms with Crippen LogP contribution in [0.3, 0.4) is 0 Å². The van der Waals surface area contributed by atoms with E-state index in [-0.39, 0.29) is 12.3 Å². The van der Waals surface area contributed by atoms with Crippen molar-refractivity contribution in [2.75, 3.05) is 13.7 Å². The number of ether oxygens (including phenoxy) is 1. The highest BCUT2D eigenvalue weighted by atomic mass is 16.5. The molecule has 19 heavy (non-hydrogen) atoms. The zero-order chi connectivity index (χ0) is 14.0. The summed E-state index contributed by atoms with van der Waals surface area (Å²) in [5.41, 5.74) is 0.636. The molecule has 0 saturated carbocycles. The number of carboxylic acid groups (broad SMARTS) is 1. The van der Waals surface area contributed by atoms with Crippen molar-refractivity contribution in [3.05, 3.63) is 47.2 Å². The number of benzene rings is 1. The second-order valence-corrected chi connectivity index (χ2v) is 3.90. The maximum absolute atomic E-state index is 12.0. The maximum Gasteiger partial charge on any atom is 0.331 e. The van der Waals surface area contributed by atoms with Crippen molar-refractivity contribution in [3.8, 4) is 0 Å². The first-order valence-corrected chi connectivity index (χ1v) is 5.47. The second kappa shape index (κ2) is 4.93. The molecule has 0 unspecified atom stereocenters. The third-order valence-corrected chi connectivity index (χ3v) is 2.74. The van der Waals surface area contributed by atoms with E-state index < -0.39 is 17.8 Å². The normalized spacial score (nSPS) is 14.6. The third-order valence-electron chi connectivity index (χ3n) is 2.74. The number of aliphatic carboxylic acids is 1. The van der Waals surface area contributed by atoms with Crippen molar-refractivity contribution in [3.63, 3.8) is 0 Å². The summed E-state index contributed by atoms with van der Waals surface area (Å²) in [4.78, 5) is 35.6. The molecule has 1 N–H and O–H groups in total. The van der Waals surface area contributed by atoms with E-state index in [2.05, 4.69) is 0 Å². The first-order valence-electron chi connectivity index (χ1n) is 5.47. The quantitative estimate of drug-likeness (QED) is 0.494. The summed E-state index contributed by atoms with van der Waals surface area (Å²) in [7, 11) is 1.28. The third kappa shape index (κ3) is 2.33. The monoisotopic (exact) mass is 261 g/mol. The zero-order valence-electron chi connectivity index (χ0n) is 10.1. The maximum atomic E-state index is 12.0. The number of fused-ring (bicyclic) bond motifs is 1. The van der Waals surface area contributed by atoms with Crippen LogP contribution in [0.2, 0.25) is 0 Å². The Morgan fingerprint density at radius 1 is 1.26 bits per heavy atom. The number of rotatable bonds is 4. The minimum absolute atomic E-state index is 0.0296. The molecule has 2 amide bonds. The van der Waals surface area contributed by atoms with E-state index in [0.717, 1.165) is 11.0 Å². The summed E-state index contributed by atoms with van der Waals surface area (Å²) in [5, 5.41) is 8.65. The lowest BCUT2D eigenvalue weighted by Gasteiger charge is -2.14. The smallest absolute Gasteiger partial charge is 0.331 e. The highest BCUT2D eigenvalue weighted by Crippen LogP contribution is 2.23. The van der Waals surface area contributed by atoms with Gasteiger partial charge in [-0.3, -0.25) is 14.5 Å². The van der Waals surface area contributed by atoms with E-state index in [1.807, 2.05) is 0 Å². The number of amides is 2. The van der Waals surface area contributed by atoms with Gasteiger partial charge in [-0.05, 0) is 12.1 Å². The van der Waals surface area contributed by atoms with Gasteiger partial charge in [0.2, 0.25) is 0 Å². The van der Waals surface area contributed by atoms with Crippen LogP contribution in [0.25, 0.3) is 0 Å². The predicted molar refractivity (Wildman–Crippen MR) is 64.5 cm³/mol. The molecule has 6 heteroatoms. The van der Waals surface area contributed by atoms with Crippen molar-refractivity contribution >= 4 is 17.8 Å². The van der Waals surface area contributed by atoms with Gasteiger partial charge >= 0.3 is 5.97 Å². The summed E-state index contributed by atoms with van der Waals surface area (Å²) >= 11 is 0. The van der Waals surface area contributed by atoms with Gasteiger partial charge in [-0.25, -0.2) is 4.79 Å². The SMILES string of the molecule is CO/C(=C\C(=O)O)CN1C(=O)c2ccccc2C1=O. The van der Waals surface area contributed by atoms with E-state index in [1.54, 1.807) is 24.3 Å². The topological polar surface area (TPSA) is 83.9 Å². The van der Waals surface area contributed by atoms with Gasteiger partial charge in [0, 0.05) is 0 Å². The Hall–Kier alpha value is -2.63. The van der Waals surface area contributed by atoms with Gasteiger partial charge in [-0.2, -0.15) is 0 Å². The molecular weight excluding hydrogens is 250 g/mol. The molecule has 0 saturated heterocycles. The van der Waals surface area contributed by atoms with Gasteiger partial charge in [0.05, 0.1) is 30.9 Å². The Morgan fingerprint density at radius 2 is 1.79 bits per heavy atom. The Balaban J connectivity index is 2.27. The molecule has 1 aromatic carbocycles. The minimum atomic E-state index is -1.20. The van der Waals surface area contributed by atoms with Crippen LogP contribution in [-0.2, 0) is 9.53 Å². The van der Waals surface area contributed by atoms with E-state index in [1.165, 1.54) is 7.11 Å². The number of carbonyl (C=O) groups excluding carboxylic acids is 2. The number of hydrogen-bond acceptors (Lipinski definition) is 4. The average molecular weight is 261 g/mol. The Morgan fingerprint density at radius 3 is 2.21 bits per heavy atom. The fraction of sp³-hybridized carbons (Fsp3) is 0.154. The lowest BCUT2D eigenvalue weighted by molar-refractivity contribution is -0.131. The molecular formula is C13H11NO5. The largest absolute Gasteiger partial charge is 0.499 e. The highest BCUT2D eigenvalue weighted by molar-refractivity contribution is 6.21. The first-order chi connectivity index (χ1) is 9.04. The molecule has 1 aromatic rings. The van der Waals surface area contributed by atoms with Crippen molar-refractivity contribution in [2.24, 2.45) is 0 Å². The molecule has 0 spiro atoms. The zero-order valence-corrected chi connectivity index (χ0v) is 10.1. The molecule has 0 fully saturated rings. The van der Waals surface area contributed by atoms with Gasteiger partial charge < -0.3 is 9.84 Å². The molecule has 1 aliphatic rings. The molecule has 98 valence electrons. The number of methoxy groups -OCH3 is 1. The number of carbonyl (C=O) groups is 3. The van der Waals surface area contributed by atoms with Crippen LogP contribution in [0, 0.1) is 0 Å². The molecule has 2 rings (SSSR count). The predicted octanol–water partition coefficient (Wildman–Crippen LogP) is 0.898. The molecule has 0 aliphatic carbocycles. The molecule has 1 aliphatic heterocycles. The molecule has 0 aromatic heterocycles. The van der Waals surface area contributed by atoms with Gasteiger partial charge in [0.1, 0.15) is 5.76 Å². The van der Waals surface area contributed by atoms with Crippen LogP contribution in [-0.4, -0.2) is 41.4 Å². The fourth-order valence-electron chi connectivity index (χ4n) is 1.85. The Kier molecular flexibility index (Phi) is 3.33. The highest BCUT2D eigenvalue weighted by Gasteiger charge is 2.35. The van der Waals surface area contributed by atoms with E-state index in [4.69, 9.17) is 9.84 Å². The van der Waals surface area contributed by atoms with Crippen LogP contribution in [0.5, 0.6) is 0 Å². The number of carboxylic acids is 1. The minimum Gasteiger partial charge on any atom is -0.499 e. The average Bonchev–Trinajstić information content (AvgIpc) is 2.63. The van der Waals surface area contributed by atoms with Crippen molar-refractivity contribution in [1.82, 2.24) is 4.90 Å². The van der Waals surface area contributed by atoms with Crippen LogP contribution in [0.15, 0.2) is 36.1 Å². The van der Waals surface area contributed by atoms with Crippen LogP contribution in [0.1, 0.15) is 20.7 Å². The second-order valence-electron chi connectivity index (χ2n) is 3.90. The standard InChI is InChI=1S/C13H11NO5/c1-19-8(6-11(15)16)7-14-12(17)9-4-2-3-5-10(9)13(14)18/h2-6H,7H2,1H3,(H,15,16)/b8-6-. The van der Waals surface area contributed by atoms with E-state index in [9.17, 15) is 14.4 Å². The van der Waals surface area contributed by atoms with Gasteiger partial charge in [-0.1, -0.05) is 12.1 Å². The van der Waals surface area contributed by atoms with Gasteiger partial charge in [0.25, 0.3) is 11.8 Å². The van der Waals surface area contributed by atoms with Crippen molar-refractivity contribution < 1.29 is 24.2 Å². The molecule has 0 bridgehead atoms. The van der Waals surface area contributed by atoms with E-state index in [0.29, 0.717) is 11.1 Å². The molecule has 6 nitrogen and oxygen atoms in total. The number of hydrogen-bond donors (Lipinski definition) is 1. The molecule has 1 heterocycles. The van der Waals surface area contributed by atoms with Crippen LogP contribution in [0.4, 0.5) is 0 Å². The lowest BCUT2D eigenvalue weighted by Crippen LogP contribution is -2.32. The van der Waals surface area contributed by atoms with Crippen molar-refractivity contribution in [2.45, 2.75) is 0 Å². The summed E-state index contributed by atoms with van der Waals surface area (Å²) in [6, 6.07) is 6.45. The lowest BCUT2D eigenvalue weighted by atomic mass is 10.1. The summed E-state index contributed by atoms with van der Waals surface area (Å²) in [6.45, 7) is -0.199. The number of imide groups is 1.